The summed E-state index contributed by atoms with van der Waals surface area (Å²) >= 11 is 0. The highest BCUT2D eigenvalue weighted by atomic mass is 19.4. The third kappa shape index (κ3) is 6.55. The normalized spacial score (nSPS) is 17.6. The standard InChI is InChI=1S/C24H26F3N7O4/c1-14-31-32-23(38-14)30-21(36)16-9-7-15(8-10-16)20(35)28-11-12-29-22(37)18-13-34(17-5-3-2-4-6-17)33-19(18)24(25,26)27/h2-6,13,15-16H,7-12H2,1H3,(H,28,35)(H,29,37)(H,30,32,36). The molecule has 1 saturated carbocycles. The first-order valence-electron chi connectivity index (χ1n) is 12.0. The second-order valence-corrected chi connectivity index (χ2v) is 8.88. The van der Waals surface area contributed by atoms with E-state index in [0.29, 0.717) is 37.3 Å². The van der Waals surface area contributed by atoms with E-state index in [2.05, 4.69) is 31.2 Å². The van der Waals surface area contributed by atoms with Crippen LogP contribution >= 0.6 is 0 Å². The van der Waals surface area contributed by atoms with Crippen molar-refractivity contribution in [1.82, 2.24) is 30.6 Å². The highest BCUT2D eigenvalue weighted by molar-refractivity contribution is 5.95. The molecule has 0 saturated heterocycles. The summed E-state index contributed by atoms with van der Waals surface area (Å²) in [5.41, 5.74) is -1.53. The lowest BCUT2D eigenvalue weighted by Crippen LogP contribution is -2.39. The molecule has 2 heterocycles. The smallest absolute Gasteiger partial charge is 0.408 e. The van der Waals surface area contributed by atoms with E-state index in [-0.39, 0.29) is 42.8 Å². The molecule has 38 heavy (non-hydrogen) atoms. The number of hydrogen-bond acceptors (Lipinski definition) is 7. The number of carbonyl (C=O) groups excluding carboxylic acids is 3. The van der Waals surface area contributed by atoms with Crippen LogP contribution in [0.3, 0.4) is 0 Å². The van der Waals surface area contributed by atoms with Crippen LogP contribution in [0.2, 0.25) is 0 Å². The number of carbonyl (C=O) groups is 3. The summed E-state index contributed by atoms with van der Waals surface area (Å²) in [7, 11) is 0. The number of nitrogens with one attached hydrogen (secondary N) is 3. The number of nitrogens with zero attached hydrogens (tertiary/aromatic N) is 4. The first kappa shape index (κ1) is 26.8. The predicted molar refractivity (Wildman–Crippen MR) is 127 cm³/mol. The van der Waals surface area contributed by atoms with Crippen molar-refractivity contribution in [2.45, 2.75) is 38.8 Å². The van der Waals surface area contributed by atoms with Crippen molar-refractivity contribution in [2.24, 2.45) is 11.8 Å². The Morgan fingerprint density at radius 2 is 1.61 bits per heavy atom. The van der Waals surface area contributed by atoms with E-state index in [9.17, 15) is 27.6 Å². The third-order valence-electron chi connectivity index (χ3n) is 6.18. The number of aryl methyl sites for hydroxylation is 1. The van der Waals surface area contributed by atoms with Gasteiger partial charge in [0, 0.05) is 38.0 Å². The van der Waals surface area contributed by atoms with Crippen LogP contribution in [-0.4, -0.2) is 50.8 Å². The first-order chi connectivity index (χ1) is 18.1. The van der Waals surface area contributed by atoms with Gasteiger partial charge < -0.3 is 15.1 Å². The van der Waals surface area contributed by atoms with Gasteiger partial charge in [-0.15, -0.1) is 5.10 Å². The number of anilines is 1. The minimum absolute atomic E-state index is 0.0316. The molecule has 3 aromatic rings. The summed E-state index contributed by atoms with van der Waals surface area (Å²) in [5.74, 6) is -1.69. The lowest BCUT2D eigenvalue weighted by atomic mass is 9.81. The fourth-order valence-electron chi connectivity index (χ4n) is 4.24. The van der Waals surface area contributed by atoms with Crippen molar-refractivity contribution >= 4 is 23.7 Å². The molecule has 3 N–H and O–H groups in total. The number of halogens is 3. The van der Waals surface area contributed by atoms with Crippen LogP contribution in [0.25, 0.3) is 5.69 Å². The Balaban J connectivity index is 1.23. The Bertz CT molecular complexity index is 1280. The van der Waals surface area contributed by atoms with Crippen LogP contribution in [0.4, 0.5) is 19.2 Å². The molecular weight excluding hydrogens is 507 g/mol. The number of benzene rings is 1. The van der Waals surface area contributed by atoms with Gasteiger partial charge in [-0.2, -0.15) is 18.3 Å². The molecule has 11 nitrogen and oxygen atoms in total. The molecule has 0 unspecified atom stereocenters. The van der Waals surface area contributed by atoms with E-state index < -0.39 is 23.3 Å². The summed E-state index contributed by atoms with van der Waals surface area (Å²) < 4.78 is 46.6. The van der Waals surface area contributed by atoms with E-state index >= 15 is 0 Å². The summed E-state index contributed by atoms with van der Waals surface area (Å²) in [5, 5.41) is 18.6. The molecule has 0 spiro atoms. The number of alkyl halides is 3. The number of hydrogen-bond donors (Lipinski definition) is 3. The van der Waals surface area contributed by atoms with E-state index in [1.165, 1.54) is 0 Å². The first-order valence-corrected chi connectivity index (χ1v) is 12.0. The molecule has 1 fully saturated rings. The predicted octanol–water partition coefficient (Wildman–Crippen LogP) is 2.87. The van der Waals surface area contributed by atoms with Gasteiger partial charge in [0.2, 0.25) is 17.7 Å². The third-order valence-corrected chi connectivity index (χ3v) is 6.18. The van der Waals surface area contributed by atoms with Crippen LogP contribution in [0.15, 0.2) is 40.9 Å². The zero-order valence-electron chi connectivity index (χ0n) is 20.4. The van der Waals surface area contributed by atoms with Gasteiger partial charge in [-0.1, -0.05) is 23.3 Å². The highest BCUT2D eigenvalue weighted by Crippen LogP contribution is 2.32. The Kier molecular flexibility index (Phi) is 8.08. The maximum absolute atomic E-state index is 13.5. The van der Waals surface area contributed by atoms with Crippen molar-refractivity contribution in [3.05, 3.63) is 53.7 Å². The molecule has 2 aromatic heterocycles. The lowest BCUT2D eigenvalue weighted by molar-refractivity contribution is -0.141. The van der Waals surface area contributed by atoms with Gasteiger partial charge in [0.15, 0.2) is 5.69 Å². The molecule has 14 heteroatoms. The van der Waals surface area contributed by atoms with E-state index in [1.54, 1.807) is 37.3 Å². The van der Waals surface area contributed by atoms with Crippen LogP contribution in [0.1, 0.15) is 47.6 Å². The number of para-hydroxylation sites is 1. The van der Waals surface area contributed by atoms with Crippen LogP contribution in [-0.2, 0) is 15.8 Å². The molecule has 0 bridgehead atoms. The average Bonchev–Trinajstić information content (AvgIpc) is 3.53. The van der Waals surface area contributed by atoms with Crippen molar-refractivity contribution < 1.29 is 32.0 Å². The van der Waals surface area contributed by atoms with Gasteiger partial charge in [-0.3, -0.25) is 19.7 Å². The number of aromatic nitrogens is 4. The van der Waals surface area contributed by atoms with Gasteiger partial charge in [0.1, 0.15) is 0 Å². The van der Waals surface area contributed by atoms with Gasteiger partial charge in [0.05, 0.1) is 11.3 Å². The Morgan fingerprint density at radius 1 is 0.974 bits per heavy atom. The van der Waals surface area contributed by atoms with Gasteiger partial charge >= 0.3 is 12.2 Å². The second-order valence-electron chi connectivity index (χ2n) is 8.88. The molecule has 1 aromatic carbocycles. The molecule has 4 rings (SSSR count). The molecule has 1 aliphatic carbocycles. The molecule has 0 aliphatic heterocycles. The van der Waals surface area contributed by atoms with Crippen LogP contribution in [0.5, 0.6) is 0 Å². The minimum Gasteiger partial charge on any atom is -0.408 e. The summed E-state index contributed by atoms with van der Waals surface area (Å²) in [6.07, 6.45) is -1.81. The molecular formula is C24H26F3N7O4. The van der Waals surface area contributed by atoms with E-state index in [1.807, 2.05) is 0 Å². The SMILES string of the molecule is Cc1nnc(NC(=O)C2CCC(C(=O)NCCNC(=O)c3cn(-c4ccccc4)nc3C(F)(F)F)CC2)o1. The summed E-state index contributed by atoms with van der Waals surface area (Å²) in [4.78, 5) is 37.4. The average molecular weight is 534 g/mol. The van der Waals surface area contributed by atoms with E-state index in [0.717, 1.165) is 10.9 Å². The molecule has 3 amide bonds. The maximum atomic E-state index is 13.5. The zero-order chi connectivity index (χ0) is 27.3. The van der Waals surface area contributed by atoms with Crippen LogP contribution in [0, 0.1) is 18.8 Å². The Labute approximate surface area is 215 Å². The van der Waals surface area contributed by atoms with E-state index in [4.69, 9.17) is 4.42 Å². The minimum atomic E-state index is -4.82. The Morgan fingerprint density at radius 3 is 2.21 bits per heavy atom. The highest BCUT2D eigenvalue weighted by Gasteiger charge is 2.39. The van der Waals surface area contributed by atoms with Crippen molar-refractivity contribution in [2.75, 3.05) is 18.4 Å². The fraction of sp³-hybridized carbons (Fsp3) is 0.417. The molecule has 202 valence electrons. The topological polar surface area (TPSA) is 144 Å². The Hall–Kier alpha value is -4.23. The van der Waals surface area contributed by atoms with Gasteiger partial charge in [-0.25, -0.2) is 4.68 Å². The van der Waals surface area contributed by atoms with Crippen LogP contribution < -0.4 is 16.0 Å². The van der Waals surface area contributed by atoms with Gasteiger partial charge in [0.25, 0.3) is 5.91 Å². The summed E-state index contributed by atoms with van der Waals surface area (Å²) in [6, 6.07) is 8.16. The molecule has 0 radical (unpaired) electrons. The summed E-state index contributed by atoms with van der Waals surface area (Å²) in [6.45, 7) is 1.58. The van der Waals surface area contributed by atoms with Gasteiger partial charge in [-0.05, 0) is 37.8 Å². The second kappa shape index (κ2) is 11.4. The molecule has 0 atom stereocenters. The maximum Gasteiger partial charge on any atom is 0.435 e. The lowest BCUT2D eigenvalue weighted by Gasteiger charge is -2.26. The number of rotatable bonds is 8. The quantitative estimate of drug-likeness (QED) is 0.378. The molecule has 1 aliphatic rings. The van der Waals surface area contributed by atoms with Crippen molar-refractivity contribution in [1.29, 1.82) is 0 Å². The monoisotopic (exact) mass is 533 g/mol. The largest absolute Gasteiger partial charge is 0.435 e. The van der Waals surface area contributed by atoms with Crippen molar-refractivity contribution in [3.8, 4) is 5.69 Å². The fourth-order valence-corrected chi connectivity index (χ4v) is 4.24. The van der Waals surface area contributed by atoms with Crippen molar-refractivity contribution in [3.63, 3.8) is 0 Å². The number of amides is 3. The zero-order valence-corrected chi connectivity index (χ0v) is 20.4.